The number of nitrogens with one attached hydrogen (secondary N) is 1. The van der Waals surface area contributed by atoms with Crippen LogP contribution in [-0.4, -0.2) is 62.0 Å². The molecule has 9 heteroatoms. The number of thioether (sulfide) groups is 1. The SMILES string of the molecule is O=C(NCC1CCCCN1CCn1nc2c(cc1=O)CSCC2)c1ncccn1. The fraction of sp³-hybridized carbons (Fsp3) is 0.550. The second kappa shape index (κ2) is 9.49. The number of piperidine rings is 1. The highest BCUT2D eigenvalue weighted by molar-refractivity contribution is 7.98. The zero-order valence-corrected chi connectivity index (χ0v) is 17.2. The van der Waals surface area contributed by atoms with Crippen molar-refractivity contribution in [2.75, 3.05) is 25.4 Å². The normalized spacial score (nSPS) is 19.5. The van der Waals surface area contributed by atoms with E-state index >= 15 is 0 Å². The summed E-state index contributed by atoms with van der Waals surface area (Å²) in [6.45, 7) is 2.86. The van der Waals surface area contributed by atoms with Crippen LogP contribution in [-0.2, 0) is 18.7 Å². The van der Waals surface area contributed by atoms with E-state index in [-0.39, 0.29) is 23.3 Å². The molecule has 0 aliphatic carbocycles. The van der Waals surface area contributed by atoms with Crippen LogP contribution in [0, 0.1) is 0 Å². The first kappa shape index (κ1) is 20.0. The molecular formula is C20H26N6O2S. The van der Waals surface area contributed by atoms with Gasteiger partial charge in [-0.15, -0.1) is 0 Å². The molecule has 2 aromatic heterocycles. The maximum absolute atomic E-state index is 12.4. The van der Waals surface area contributed by atoms with Crippen LogP contribution >= 0.6 is 11.8 Å². The summed E-state index contributed by atoms with van der Waals surface area (Å²) in [6.07, 6.45) is 7.37. The van der Waals surface area contributed by atoms with E-state index in [1.54, 1.807) is 29.2 Å². The summed E-state index contributed by atoms with van der Waals surface area (Å²) in [4.78, 5) is 35.0. The maximum Gasteiger partial charge on any atom is 0.289 e. The number of aromatic nitrogens is 4. The average molecular weight is 415 g/mol. The Morgan fingerprint density at radius 1 is 1.24 bits per heavy atom. The lowest BCUT2D eigenvalue weighted by Crippen LogP contribution is -2.48. The lowest BCUT2D eigenvalue weighted by Gasteiger charge is -2.35. The summed E-state index contributed by atoms with van der Waals surface area (Å²) in [7, 11) is 0. The van der Waals surface area contributed by atoms with Gasteiger partial charge in [-0.25, -0.2) is 14.6 Å². The summed E-state index contributed by atoms with van der Waals surface area (Å²) in [5, 5.41) is 7.57. The fourth-order valence-corrected chi connectivity index (χ4v) is 4.88. The van der Waals surface area contributed by atoms with E-state index < -0.39 is 0 Å². The minimum atomic E-state index is -0.249. The van der Waals surface area contributed by atoms with Crippen molar-refractivity contribution in [3.63, 3.8) is 0 Å². The summed E-state index contributed by atoms with van der Waals surface area (Å²) >= 11 is 1.85. The highest BCUT2D eigenvalue weighted by atomic mass is 32.2. The van der Waals surface area contributed by atoms with Gasteiger partial charge in [-0.1, -0.05) is 6.42 Å². The Kier molecular flexibility index (Phi) is 6.56. The minimum Gasteiger partial charge on any atom is -0.348 e. The van der Waals surface area contributed by atoms with Crippen molar-refractivity contribution in [3.8, 4) is 0 Å². The number of carbonyl (C=O) groups is 1. The number of hydrogen-bond acceptors (Lipinski definition) is 7. The molecule has 1 unspecified atom stereocenters. The lowest BCUT2D eigenvalue weighted by atomic mass is 10.0. The molecule has 29 heavy (non-hydrogen) atoms. The molecule has 1 N–H and O–H groups in total. The number of amides is 1. The van der Waals surface area contributed by atoms with Gasteiger partial charge in [0.2, 0.25) is 5.82 Å². The van der Waals surface area contributed by atoms with E-state index in [0.717, 1.165) is 61.5 Å². The van der Waals surface area contributed by atoms with Gasteiger partial charge in [-0.2, -0.15) is 16.9 Å². The molecule has 0 aromatic carbocycles. The molecule has 1 saturated heterocycles. The summed E-state index contributed by atoms with van der Waals surface area (Å²) < 4.78 is 1.61. The molecule has 4 heterocycles. The monoisotopic (exact) mass is 414 g/mol. The molecule has 0 bridgehead atoms. The predicted molar refractivity (Wildman–Crippen MR) is 112 cm³/mol. The molecule has 2 aliphatic rings. The van der Waals surface area contributed by atoms with Crippen LogP contribution in [0.4, 0.5) is 0 Å². The van der Waals surface area contributed by atoms with Gasteiger partial charge >= 0.3 is 0 Å². The second-order valence-corrected chi connectivity index (χ2v) is 8.55. The molecule has 1 amide bonds. The number of rotatable bonds is 6. The molecule has 2 aliphatic heterocycles. The number of fused-ring (bicyclic) bond motifs is 1. The lowest BCUT2D eigenvalue weighted by molar-refractivity contribution is 0.0899. The van der Waals surface area contributed by atoms with E-state index in [4.69, 9.17) is 0 Å². The van der Waals surface area contributed by atoms with Crippen LogP contribution in [0.2, 0.25) is 0 Å². The molecule has 0 spiro atoms. The first-order valence-electron chi connectivity index (χ1n) is 10.2. The van der Waals surface area contributed by atoms with E-state index in [9.17, 15) is 9.59 Å². The smallest absolute Gasteiger partial charge is 0.289 e. The van der Waals surface area contributed by atoms with Gasteiger partial charge in [-0.05, 0) is 36.8 Å². The third-order valence-electron chi connectivity index (χ3n) is 5.52. The van der Waals surface area contributed by atoms with Crippen LogP contribution < -0.4 is 10.9 Å². The first-order chi connectivity index (χ1) is 14.2. The van der Waals surface area contributed by atoms with Crippen LogP contribution in [0.1, 0.15) is 41.1 Å². The second-order valence-electron chi connectivity index (χ2n) is 7.45. The Morgan fingerprint density at radius 3 is 2.97 bits per heavy atom. The molecule has 8 nitrogen and oxygen atoms in total. The van der Waals surface area contributed by atoms with Crippen molar-refractivity contribution in [3.05, 3.63) is 52.0 Å². The van der Waals surface area contributed by atoms with Gasteiger partial charge in [0, 0.05) is 49.8 Å². The van der Waals surface area contributed by atoms with Gasteiger partial charge in [0.1, 0.15) is 0 Å². The number of aryl methyl sites for hydroxylation is 1. The van der Waals surface area contributed by atoms with Gasteiger partial charge in [0.05, 0.1) is 12.2 Å². The minimum absolute atomic E-state index is 0.0191. The van der Waals surface area contributed by atoms with Crippen molar-refractivity contribution >= 4 is 17.7 Å². The first-order valence-corrected chi connectivity index (χ1v) is 11.3. The standard InChI is InChI=1S/C20H26N6O2S/c27-18-12-15-14-29-11-5-17(15)24-26(18)10-9-25-8-2-1-4-16(25)13-23-20(28)19-21-6-3-7-22-19/h3,6-7,12,16H,1-2,4-5,8-11,13-14H2,(H,23,28). The largest absolute Gasteiger partial charge is 0.348 e. The van der Waals surface area contributed by atoms with Crippen molar-refractivity contribution in [1.82, 2.24) is 30.0 Å². The van der Waals surface area contributed by atoms with Crippen LogP contribution in [0.15, 0.2) is 29.3 Å². The van der Waals surface area contributed by atoms with Gasteiger partial charge in [0.15, 0.2) is 0 Å². The molecule has 2 aromatic rings. The van der Waals surface area contributed by atoms with Gasteiger partial charge in [-0.3, -0.25) is 14.5 Å². The van der Waals surface area contributed by atoms with E-state index in [1.165, 1.54) is 0 Å². The summed E-state index contributed by atoms with van der Waals surface area (Å²) in [5.41, 5.74) is 2.13. The quantitative estimate of drug-likeness (QED) is 0.757. The van der Waals surface area contributed by atoms with Crippen LogP contribution in [0.25, 0.3) is 0 Å². The number of carbonyl (C=O) groups excluding carboxylic acids is 1. The topological polar surface area (TPSA) is 93.0 Å². The zero-order valence-electron chi connectivity index (χ0n) is 16.4. The maximum atomic E-state index is 12.4. The highest BCUT2D eigenvalue weighted by Crippen LogP contribution is 2.21. The highest BCUT2D eigenvalue weighted by Gasteiger charge is 2.23. The number of likely N-dealkylation sites (tertiary alicyclic amines) is 1. The van der Waals surface area contributed by atoms with Crippen LogP contribution in [0.3, 0.4) is 0 Å². The third-order valence-corrected chi connectivity index (χ3v) is 6.53. The molecule has 1 atom stereocenters. The number of hydrogen-bond donors (Lipinski definition) is 1. The average Bonchev–Trinajstić information content (AvgIpc) is 2.77. The Balaban J connectivity index is 1.36. The molecular weight excluding hydrogens is 388 g/mol. The molecule has 1 fully saturated rings. The van der Waals surface area contributed by atoms with E-state index in [0.29, 0.717) is 13.1 Å². The molecule has 0 saturated carbocycles. The Hall–Kier alpha value is -2.26. The molecule has 4 rings (SSSR count). The summed E-state index contributed by atoms with van der Waals surface area (Å²) in [6, 6.07) is 3.69. The van der Waals surface area contributed by atoms with Gasteiger partial charge < -0.3 is 5.32 Å². The van der Waals surface area contributed by atoms with Crippen molar-refractivity contribution in [1.29, 1.82) is 0 Å². The number of nitrogens with zero attached hydrogens (tertiary/aromatic N) is 5. The van der Waals surface area contributed by atoms with Crippen molar-refractivity contribution < 1.29 is 4.79 Å². The Morgan fingerprint density at radius 2 is 2.10 bits per heavy atom. The van der Waals surface area contributed by atoms with Crippen molar-refractivity contribution in [2.45, 2.75) is 44.0 Å². The molecule has 0 radical (unpaired) electrons. The zero-order chi connectivity index (χ0) is 20.1. The fourth-order valence-electron chi connectivity index (χ4n) is 3.93. The van der Waals surface area contributed by atoms with Gasteiger partial charge in [0.25, 0.3) is 11.5 Å². The molecule has 154 valence electrons. The van der Waals surface area contributed by atoms with Crippen molar-refractivity contribution in [2.24, 2.45) is 0 Å². The summed E-state index contributed by atoms with van der Waals surface area (Å²) in [5.74, 6) is 1.90. The Labute approximate surface area is 174 Å². The van der Waals surface area contributed by atoms with Crippen LogP contribution in [0.5, 0.6) is 0 Å². The van der Waals surface area contributed by atoms with E-state index in [1.807, 2.05) is 11.8 Å². The third kappa shape index (κ3) is 5.02. The van der Waals surface area contributed by atoms with E-state index in [2.05, 4.69) is 25.3 Å². The Bertz CT molecular complexity index is 904. The predicted octanol–water partition coefficient (Wildman–Crippen LogP) is 1.11.